The van der Waals surface area contributed by atoms with Gasteiger partial charge in [0.15, 0.2) is 0 Å². The first kappa shape index (κ1) is 21.4. The fraction of sp³-hybridized carbons (Fsp3) is 0.619. The van der Waals surface area contributed by atoms with Crippen molar-refractivity contribution in [1.29, 1.82) is 0 Å². The molecule has 0 aliphatic carbocycles. The normalized spacial score (nSPS) is 15.9. The number of carbonyl (C=O) groups is 2. The van der Waals surface area contributed by atoms with Gasteiger partial charge in [0, 0.05) is 0 Å². The van der Waals surface area contributed by atoms with Crippen LogP contribution in [0, 0.1) is 5.41 Å². The first-order valence-corrected chi connectivity index (χ1v) is 9.70. The molecule has 0 radical (unpaired) electrons. The van der Waals surface area contributed by atoms with Crippen LogP contribution in [-0.4, -0.2) is 45.2 Å². The summed E-state index contributed by atoms with van der Waals surface area (Å²) in [7, 11) is 0. The third kappa shape index (κ3) is 6.33. The van der Waals surface area contributed by atoms with Crippen molar-refractivity contribution in [3.05, 3.63) is 35.4 Å². The molecule has 6 nitrogen and oxygen atoms in total. The van der Waals surface area contributed by atoms with E-state index in [1.54, 1.807) is 24.3 Å². The highest BCUT2D eigenvalue weighted by Crippen LogP contribution is 2.27. The Morgan fingerprint density at radius 1 is 0.963 bits per heavy atom. The Balaban J connectivity index is 1.95. The molecular formula is C21H30O6. The van der Waals surface area contributed by atoms with E-state index >= 15 is 0 Å². The maximum atomic E-state index is 12.6. The zero-order chi connectivity index (χ0) is 19.5. The molecule has 6 heteroatoms. The van der Waals surface area contributed by atoms with E-state index in [4.69, 9.17) is 18.9 Å². The minimum absolute atomic E-state index is 0.183. The summed E-state index contributed by atoms with van der Waals surface area (Å²) in [6.07, 6.45) is 4.86. The highest BCUT2D eigenvalue weighted by Gasteiger charge is 2.34. The molecule has 1 aromatic rings. The van der Waals surface area contributed by atoms with Crippen LogP contribution in [0.3, 0.4) is 0 Å². The fourth-order valence-corrected chi connectivity index (χ4v) is 2.91. The third-order valence-corrected chi connectivity index (χ3v) is 4.84. The summed E-state index contributed by atoms with van der Waals surface area (Å²) in [5.74, 6) is -1.03. The highest BCUT2D eigenvalue weighted by molar-refractivity contribution is 6.03. The van der Waals surface area contributed by atoms with Crippen molar-refractivity contribution in [2.75, 3.05) is 33.2 Å². The summed E-state index contributed by atoms with van der Waals surface area (Å²) in [6, 6.07) is 6.59. The van der Waals surface area contributed by atoms with Crippen LogP contribution >= 0.6 is 0 Å². The molecule has 1 heterocycles. The van der Waals surface area contributed by atoms with Crippen LogP contribution in [0.25, 0.3) is 0 Å². The molecule has 0 saturated carbocycles. The van der Waals surface area contributed by atoms with Gasteiger partial charge in [0.25, 0.3) is 0 Å². The molecule has 0 bridgehead atoms. The van der Waals surface area contributed by atoms with E-state index in [1.807, 2.05) is 6.92 Å². The minimum atomic E-state index is -0.535. The predicted molar refractivity (Wildman–Crippen MR) is 101 cm³/mol. The summed E-state index contributed by atoms with van der Waals surface area (Å²) in [6.45, 7) is 5.91. The van der Waals surface area contributed by atoms with Crippen molar-refractivity contribution in [3.8, 4) is 0 Å². The summed E-state index contributed by atoms with van der Waals surface area (Å²) < 4.78 is 21.5. The van der Waals surface area contributed by atoms with Gasteiger partial charge in [-0.15, -0.1) is 0 Å². The fourth-order valence-electron chi connectivity index (χ4n) is 2.91. The molecule has 150 valence electrons. The molecule has 0 spiro atoms. The van der Waals surface area contributed by atoms with Gasteiger partial charge < -0.3 is 18.9 Å². The minimum Gasteiger partial charge on any atom is -0.462 e. The molecule has 27 heavy (non-hydrogen) atoms. The summed E-state index contributed by atoms with van der Waals surface area (Å²) in [4.78, 5) is 24.9. The molecule has 1 aromatic carbocycles. The molecule has 0 amide bonds. The first-order chi connectivity index (χ1) is 13.1. The third-order valence-electron chi connectivity index (χ3n) is 4.84. The number of ether oxygens (including phenoxy) is 4. The maximum Gasteiger partial charge on any atom is 0.339 e. The summed E-state index contributed by atoms with van der Waals surface area (Å²) in [5, 5.41) is 0. The van der Waals surface area contributed by atoms with Crippen LogP contribution in [-0.2, 0) is 18.9 Å². The van der Waals surface area contributed by atoms with Gasteiger partial charge in [-0.3, -0.25) is 0 Å². The number of hydrogen-bond donors (Lipinski definition) is 0. The van der Waals surface area contributed by atoms with Crippen molar-refractivity contribution >= 4 is 11.9 Å². The van der Waals surface area contributed by atoms with Gasteiger partial charge in [0.05, 0.1) is 36.4 Å². The van der Waals surface area contributed by atoms with Crippen molar-refractivity contribution in [2.45, 2.75) is 46.0 Å². The second-order valence-corrected chi connectivity index (χ2v) is 6.99. The quantitative estimate of drug-likeness (QED) is 0.453. The Kier molecular flexibility index (Phi) is 8.75. The Morgan fingerprint density at radius 3 is 2.19 bits per heavy atom. The molecule has 2 rings (SSSR count). The zero-order valence-corrected chi connectivity index (χ0v) is 16.3. The average molecular weight is 378 g/mol. The first-order valence-electron chi connectivity index (χ1n) is 9.70. The second-order valence-electron chi connectivity index (χ2n) is 6.99. The smallest absolute Gasteiger partial charge is 0.339 e. The van der Waals surface area contributed by atoms with Crippen molar-refractivity contribution in [1.82, 2.24) is 0 Å². The predicted octanol–water partition coefficient (Wildman–Crippen LogP) is 3.98. The van der Waals surface area contributed by atoms with E-state index in [9.17, 15) is 9.59 Å². The van der Waals surface area contributed by atoms with Crippen LogP contribution < -0.4 is 0 Å². The summed E-state index contributed by atoms with van der Waals surface area (Å²) >= 11 is 0. The molecule has 0 aromatic heterocycles. The van der Waals surface area contributed by atoms with E-state index in [0.717, 1.165) is 32.1 Å². The molecule has 0 N–H and O–H groups in total. The van der Waals surface area contributed by atoms with E-state index in [-0.39, 0.29) is 29.9 Å². The number of rotatable bonds is 10. The van der Waals surface area contributed by atoms with E-state index in [2.05, 4.69) is 6.92 Å². The molecule has 0 atom stereocenters. The lowest BCUT2D eigenvalue weighted by atomic mass is 9.87. The largest absolute Gasteiger partial charge is 0.462 e. The molecule has 1 aliphatic heterocycles. The standard InChI is InChI=1S/C21H30O6/c1-3-5-6-9-12-26-19(22)17-10-7-8-11-18(17)20(23)27-15-21(4-2)13-24-16-25-14-21/h7-8,10-11H,3-6,9,12-16H2,1-2H3. The number of unbranched alkanes of at least 4 members (excludes halogenated alkanes) is 3. The molecule has 1 fully saturated rings. The monoisotopic (exact) mass is 378 g/mol. The maximum absolute atomic E-state index is 12.6. The van der Waals surface area contributed by atoms with Gasteiger partial charge >= 0.3 is 11.9 Å². The molecular weight excluding hydrogens is 348 g/mol. The van der Waals surface area contributed by atoms with Gasteiger partial charge in [-0.2, -0.15) is 0 Å². The molecule has 1 aliphatic rings. The van der Waals surface area contributed by atoms with Gasteiger partial charge in [-0.05, 0) is 25.0 Å². The lowest BCUT2D eigenvalue weighted by Crippen LogP contribution is -2.41. The van der Waals surface area contributed by atoms with Crippen LogP contribution in [0.4, 0.5) is 0 Å². The second kappa shape index (κ2) is 11.0. The number of carbonyl (C=O) groups excluding carboxylic acids is 2. The van der Waals surface area contributed by atoms with Crippen molar-refractivity contribution in [3.63, 3.8) is 0 Å². The van der Waals surface area contributed by atoms with Gasteiger partial charge in [-0.25, -0.2) is 9.59 Å². The van der Waals surface area contributed by atoms with Crippen LogP contribution in [0.1, 0.15) is 66.7 Å². The van der Waals surface area contributed by atoms with Crippen molar-refractivity contribution < 1.29 is 28.5 Å². The lowest BCUT2D eigenvalue weighted by molar-refractivity contribution is -0.177. The number of esters is 2. The Hall–Kier alpha value is -1.92. The summed E-state index contributed by atoms with van der Waals surface area (Å²) in [5.41, 5.74) is 0.113. The Bertz CT molecular complexity index is 606. The SMILES string of the molecule is CCCCCCOC(=O)c1ccccc1C(=O)OCC1(CC)COCOC1. The van der Waals surface area contributed by atoms with Gasteiger partial charge in [-0.1, -0.05) is 45.2 Å². The average Bonchev–Trinajstić information content (AvgIpc) is 2.72. The Labute approximate surface area is 161 Å². The zero-order valence-electron chi connectivity index (χ0n) is 16.3. The number of hydrogen-bond acceptors (Lipinski definition) is 6. The van der Waals surface area contributed by atoms with E-state index < -0.39 is 11.9 Å². The van der Waals surface area contributed by atoms with Gasteiger partial charge in [0.2, 0.25) is 0 Å². The van der Waals surface area contributed by atoms with E-state index in [0.29, 0.717) is 19.8 Å². The Morgan fingerprint density at radius 2 is 1.59 bits per heavy atom. The van der Waals surface area contributed by atoms with Gasteiger partial charge in [0.1, 0.15) is 13.4 Å². The van der Waals surface area contributed by atoms with E-state index in [1.165, 1.54) is 0 Å². The highest BCUT2D eigenvalue weighted by atomic mass is 16.7. The lowest BCUT2D eigenvalue weighted by Gasteiger charge is -2.35. The number of benzene rings is 1. The molecule has 0 unspecified atom stereocenters. The van der Waals surface area contributed by atoms with Crippen LogP contribution in [0.15, 0.2) is 24.3 Å². The molecule has 1 saturated heterocycles. The van der Waals surface area contributed by atoms with Crippen LogP contribution in [0.2, 0.25) is 0 Å². The van der Waals surface area contributed by atoms with Crippen molar-refractivity contribution in [2.24, 2.45) is 5.41 Å². The van der Waals surface area contributed by atoms with Crippen LogP contribution in [0.5, 0.6) is 0 Å². The topological polar surface area (TPSA) is 71.1 Å².